The molecule has 0 saturated heterocycles. The number of methoxy groups -OCH3 is 1. The summed E-state index contributed by atoms with van der Waals surface area (Å²) in [5.41, 5.74) is 0.401. The van der Waals surface area contributed by atoms with Gasteiger partial charge in [0.05, 0.1) is 12.2 Å². The number of hydrogen-bond acceptors (Lipinski definition) is 3. The number of nitrogens with one attached hydrogen (secondary N) is 1. The smallest absolute Gasteiger partial charge is 0.0986 e. The largest absolute Gasteiger partial charge is 0.377 e. The van der Waals surface area contributed by atoms with Gasteiger partial charge in [0, 0.05) is 19.8 Å². The lowest BCUT2D eigenvalue weighted by Gasteiger charge is -2.43. The fourth-order valence-electron chi connectivity index (χ4n) is 2.11. The summed E-state index contributed by atoms with van der Waals surface area (Å²) >= 11 is 0. The first kappa shape index (κ1) is 13.9. The van der Waals surface area contributed by atoms with E-state index in [9.17, 15) is 0 Å². The quantitative estimate of drug-likeness (QED) is 0.757. The van der Waals surface area contributed by atoms with Crippen molar-refractivity contribution in [2.45, 2.75) is 58.8 Å². The molecule has 0 heterocycles. The number of ether oxygens (including phenoxy) is 2. The van der Waals surface area contributed by atoms with Gasteiger partial charge in [-0.3, -0.25) is 0 Å². The van der Waals surface area contributed by atoms with E-state index in [0.29, 0.717) is 17.6 Å². The molecule has 1 aliphatic carbocycles. The lowest BCUT2D eigenvalue weighted by atomic mass is 9.84. The van der Waals surface area contributed by atoms with Crippen molar-refractivity contribution in [1.29, 1.82) is 0 Å². The third kappa shape index (κ3) is 4.04. The molecular weight excluding hydrogens is 202 g/mol. The third-order valence-corrected chi connectivity index (χ3v) is 3.18. The van der Waals surface area contributed by atoms with Crippen molar-refractivity contribution < 1.29 is 9.47 Å². The van der Waals surface area contributed by atoms with E-state index in [1.54, 1.807) is 7.11 Å². The SMILES string of the molecule is CCOC1CC(NCCC(C)(C)C)C1OC. The molecule has 0 aromatic rings. The molecule has 0 aromatic carbocycles. The average Bonchev–Trinajstić information content (AvgIpc) is 2.14. The van der Waals surface area contributed by atoms with Gasteiger partial charge in [-0.05, 0) is 31.7 Å². The van der Waals surface area contributed by atoms with Crippen molar-refractivity contribution >= 4 is 0 Å². The van der Waals surface area contributed by atoms with Gasteiger partial charge in [0.25, 0.3) is 0 Å². The Kier molecular flexibility index (Phi) is 5.22. The second kappa shape index (κ2) is 5.99. The van der Waals surface area contributed by atoms with Crippen LogP contribution in [-0.4, -0.2) is 38.5 Å². The normalized spacial score (nSPS) is 30.2. The van der Waals surface area contributed by atoms with Crippen LogP contribution in [-0.2, 0) is 9.47 Å². The minimum atomic E-state index is 0.236. The summed E-state index contributed by atoms with van der Waals surface area (Å²) < 4.78 is 11.1. The summed E-state index contributed by atoms with van der Waals surface area (Å²) in [6.07, 6.45) is 2.80. The Morgan fingerprint density at radius 1 is 1.31 bits per heavy atom. The van der Waals surface area contributed by atoms with Crippen LogP contribution in [0, 0.1) is 5.41 Å². The standard InChI is InChI=1S/C13H27NO2/c1-6-16-11-9-10(12(11)15-5)14-8-7-13(2,3)4/h10-12,14H,6-9H2,1-5H3. The lowest BCUT2D eigenvalue weighted by Crippen LogP contribution is -2.60. The van der Waals surface area contributed by atoms with Gasteiger partial charge in [-0.15, -0.1) is 0 Å². The molecule has 3 heteroatoms. The highest BCUT2D eigenvalue weighted by Gasteiger charge is 2.41. The van der Waals surface area contributed by atoms with Crippen LogP contribution in [0.2, 0.25) is 0 Å². The van der Waals surface area contributed by atoms with Crippen molar-refractivity contribution in [2.75, 3.05) is 20.3 Å². The van der Waals surface area contributed by atoms with E-state index in [1.807, 2.05) is 6.92 Å². The molecule has 3 nitrogen and oxygen atoms in total. The fraction of sp³-hybridized carbons (Fsp3) is 1.00. The van der Waals surface area contributed by atoms with Crippen LogP contribution >= 0.6 is 0 Å². The summed E-state index contributed by atoms with van der Waals surface area (Å²) in [5.74, 6) is 0. The van der Waals surface area contributed by atoms with E-state index in [0.717, 1.165) is 19.6 Å². The van der Waals surface area contributed by atoms with Crippen LogP contribution in [0.4, 0.5) is 0 Å². The zero-order chi connectivity index (χ0) is 12.2. The second-order valence-electron chi connectivity index (χ2n) is 5.80. The Labute approximate surface area is 99.9 Å². The average molecular weight is 229 g/mol. The Bertz CT molecular complexity index is 201. The number of rotatable bonds is 6. The monoisotopic (exact) mass is 229 g/mol. The molecule has 1 saturated carbocycles. The van der Waals surface area contributed by atoms with E-state index in [4.69, 9.17) is 9.47 Å². The number of hydrogen-bond donors (Lipinski definition) is 1. The third-order valence-electron chi connectivity index (χ3n) is 3.18. The molecule has 0 spiro atoms. The molecule has 16 heavy (non-hydrogen) atoms. The lowest BCUT2D eigenvalue weighted by molar-refractivity contribution is -0.131. The second-order valence-corrected chi connectivity index (χ2v) is 5.80. The Hall–Kier alpha value is -0.120. The molecule has 0 radical (unpaired) electrons. The first-order valence-electron chi connectivity index (χ1n) is 6.35. The molecule has 1 fully saturated rings. The zero-order valence-corrected chi connectivity index (χ0v) is 11.4. The van der Waals surface area contributed by atoms with Gasteiger partial charge >= 0.3 is 0 Å². The molecule has 0 bridgehead atoms. The minimum absolute atomic E-state index is 0.236. The molecule has 1 rings (SSSR count). The van der Waals surface area contributed by atoms with Crippen molar-refractivity contribution in [2.24, 2.45) is 5.41 Å². The summed E-state index contributed by atoms with van der Waals surface area (Å²) in [6, 6.07) is 0.476. The minimum Gasteiger partial charge on any atom is -0.377 e. The maximum Gasteiger partial charge on any atom is 0.0986 e. The molecule has 1 aliphatic rings. The first-order chi connectivity index (χ1) is 7.48. The van der Waals surface area contributed by atoms with Crippen molar-refractivity contribution in [3.63, 3.8) is 0 Å². The van der Waals surface area contributed by atoms with Gasteiger partial charge in [0.1, 0.15) is 0 Å². The van der Waals surface area contributed by atoms with Crippen molar-refractivity contribution in [3.8, 4) is 0 Å². The summed E-state index contributed by atoms with van der Waals surface area (Å²) in [6.45, 7) is 10.7. The van der Waals surface area contributed by atoms with Gasteiger partial charge < -0.3 is 14.8 Å². The fourth-order valence-corrected chi connectivity index (χ4v) is 2.11. The Balaban J connectivity index is 2.19. The van der Waals surface area contributed by atoms with Crippen LogP contribution in [0.1, 0.15) is 40.5 Å². The van der Waals surface area contributed by atoms with Crippen molar-refractivity contribution in [3.05, 3.63) is 0 Å². The zero-order valence-electron chi connectivity index (χ0n) is 11.4. The molecule has 0 aromatic heterocycles. The first-order valence-corrected chi connectivity index (χ1v) is 6.35. The predicted molar refractivity (Wildman–Crippen MR) is 66.7 cm³/mol. The Morgan fingerprint density at radius 2 is 2.00 bits per heavy atom. The maximum atomic E-state index is 5.59. The molecule has 0 amide bonds. The van der Waals surface area contributed by atoms with Gasteiger partial charge in [-0.1, -0.05) is 20.8 Å². The molecule has 0 aliphatic heterocycles. The Morgan fingerprint density at radius 3 is 2.50 bits per heavy atom. The molecule has 96 valence electrons. The van der Waals surface area contributed by atoms with Crippen molar-refractivity contribution in [1.82, 2.24) is 5.32 Å². The molecule has 3 atom stereocenters. The van der Waals surface area contributed by atoms with Gasteiger partial charge in [0.15, 0.2) is 0 Å². The topological polar surface area (TPSA) is 30.5 Å². The van der Waals surface area contributed by atoms with Gasteiger partial charge in [-0.2, -0.15) is 0 Å². The summed E-state index contributed by atoms with van der Waals surface area (Å²) in [7, 11) is 1.77. The molecule has 3 unspecified atom stereocenters. The summed E-state index contributed by atoms with van der Waals surface area (Å²) in [4.78, 5) is 0. The molecule has 1 N–H and O–H groups in total. The van der Waals surface area contributed by atoms with Crippen LogP contribution in [0.15, 0.2) is 0 Å². The van der Waals surface area contributed by atoms with Crippen LogP contribution in [0.25, 0.3) is 0 Å². The van der Waals surface area contributed by atoms with Crippen LogP contribution in [0.3, 0.4) is 0 Å². The highest BCUT2D eigenvalue weighted by molar-refractivity contribution is 4.97. The van der Waals surface area contributed by atoms with E-state index in [-0.39, 0.29) is 6.10 Å². The van der Waals surface area contributed by atoms with Gasteiger partial charge in [0.2, 0.25) is 0 Å². The maximum absolute atomic E-state index is 5.59. The predicted octanol–water partition coefficient (Wildman–Crippen LogP) is 2.20. The molecular formula is C13H27NO2. The summed E-state index contributed by atoms with van der Waals surface area (Å²) in [5, 5.41) is 3.56. The van der Waals surface area contributed by atoms with Crippen LogP contribution < -0.4 is 5.32 Å². The van der Waals surface area contributed by atoms with Gasteiger partial charge in [-0.25, -0.2) is 0 Å². The van der Waals surface area contributed by atoms with Crippen LogP contribution in [0.5, 0.6) is 0 Å². The highest BCUT2D eigenvalue weighted by Crippen LogP contribution is 2.27. The van der Waals surface area contributed by atoms with E-state index < -0.39 is 0 Å². The van der Waals surface area contributed by atoms with E-state index in [2.05, 4.69) is 26.1 Å². The highest BCUT2D eigenvalue weighted by atomic mass is 16.5. The van der Waals surface area contributed by atoms with E-state index in [1.165, 1.54) is 6.42 Å². The van der Waals surface area contributed by atoms with E-state index >= 15 is 0 Å².